The van der Waals surface area contributed by atoms with Crippen LogP contribution >= 0.6 is 0 Å². The molecular formula is C22H22F2N2O3S. The fourth-order valence-corrected chi connectivity index (χ4v) is 3.86. The van der Waals surface area contributed by atoms with Crippen molar-refractivity contribution in [3.63, 3.8) is 0 Å². The Kier molecular flexibility index (Phi) is 6.48. The Bertz CT molecular complexity index is 1090. The average molecular weight is 432 g/mol. The van der Waals surface area contributed by atoms with E-state index >= 15 is 0 Å². The van der Waals surface area contributed by atoms with E-state index in [4.69, 9.17) is 4.74 Å². The normalized spacial score (nSPS) is 12.1. The van der Waals surface area contributed by atoms with Crippen molar-refractivity contribution in [2.45, 2.75) is 33.7 Å². The highest BCUT2D eigenvalue weighted by Crippen LogP contribution is 2.38. The first-order chi connectivity index (χ1) is 14.2. The molecule has 5 nitrogen and oxygen atoms in total. The van der Waals surface area contributed by atoms with Gasteiger partial charge in [-0.25, -0.2) is 13.0 Å². The van der Waals surface area contributed by atoms with Crippen LogP contribution in [-0.4, -0.2) is 19.8 Å². The van der Waals surface area contributed by atoms with Gasteiger partial charge in [-0.2, -0.15) is 0 Å². The number of ether oxygens (including phenoxy) is 1. The Labute approximate surface area is 176 Å². The van der Waals surface area contributed by atoms with Gasteiger partial charge in [0, 0.05) is 29.1 Å². The summed E-state index contributed by atoms with van der Waals surface area (Å²) in [6, 6.07) is 11.4. The van der Waals surface area contributed by atoms with Crippen molar-refractivity contribution in [2.75, 3.05) is 4.31 Å². The second-order valence-corrected chi connectivity index (χ2v) is 8.00. The van der Waals surface area contributed by atoms with E-state index in [1.165, 1.54) is 10.4 Å². The smallest absolute Gasteiger partial charge is 0.262 e. The average Bonchev–Trinajstić information content (AvgIpc) is 2.63. The van der Waals surface area contributed by atoms with Gasteiger partial charge in [0.1, 0.15) is 11.6 Å². The molecule has 1 atom stereocenters. The van der Waals surface area contributed by atoms with Gasteiger partial charge in [-0.15, -0.1) is 0 Å². The summed E-state index contributed by atoms with van der Waals surface area (Å²) in [5.74, 6) is -1.33. The number of rotatable bonds is 6. The third-order valence-corrected chi connectivity index (χ3v) is 5.33. The van der Waals surface area contributed by atoms with Gasteiger partial charge in [0.05, 0.1) is 5.69 Å². The van der Waals surface area contributed by atoms with Gasteiger partial charge in [-0.05, 0) is 75.7 Å². The molecule has 8 heteroatoms. The lowest BCUT2D eigenvalue weighted by atomic mass is 10.0. The fourth-order valence-electron chi connectivity index (χ4n) is 3.20. The van der Waals surface area contributed by atoms with Gasteiger partial charge in [0.25, 0.3) is 11.3 Å². The highest BCUT2D eigenvalue weighted by atomic mass is 32.2. The molecule has 0 bridgehead atoms. The van der Waals surface area contributed by atoms with Crippen molar-refractivity contribution >= 4 is 17.0 Å². The SMILES string of the molecule is Cc1cc(-c2cc(N(C(C)C)S(=O)O)ccc2Oc2ccc(F)cc2F)cc(C)n1. The molecule has 3 rings (SSSR count). The molecule has 0 radical (unpaired) electrons. The van der Waals surface area contributed by atoms with Crippen LogP contribution in [0.5, 0.6) is 11.5 Å². The molecule has 30 heavy (non-hydrogen) atoms. The first kappa shape index (κ1) is 21.9. The molecule has 0 spiro atoms. The number of aryl methyl sites for hydroxylation is 2. The zero-order valence-corrected chi connectivity index (χ0v) is 17.8. The van der Waals surface area contributed by atoms with Crippen LogP contribution in [-0.2, 0) is 11.3 Å². The largest absolute Gasteiger partial charge is 0.454 e. The van der Waals surface area contributed by atoms with Crippen LogP contribution in [0.3, 0.4) is 0 Å². The highest BCUT2D eigenvalue weighted by Gasteiger charge is 2.20. The molecule has 1 N–H and O–H groups in total. The van der Waals surface area contributed by atoms with Crippen molar-refractivity contribution < 1.29 is 22.3 Å². The predicted molar refractivity (Wildman–Crippen MR) is 114 cm³/mol. The fraction of sp³-hybridized carbons (Fsp3) is 0.227. The van der Waals surface area contributed by atoms with Crippen molar-refractivity contribution in [2.24, 2.45) is 0 Å². The summed E-state index contributed by atoms with van der Waals surface area (Å²) in [4.78, 5) is 4.37. The van der Waals surface area contributed by atoms with E-state index in [1.54, 1.807) is 32.0 Å². The number of aromatic nitrogens is 1. The molecular weight excluding hydrogens is 410 g/mol. The minimum absolute atomic E-state index is 0.126. The maximum atomic E-state index is 14.2. The number of hydrogen-bond donors (Lipinski definition) is 1. The van der Waals surface area contributed by atoms with Gasteiger partial charge in [-0.3, -0.25) is 13.8 Å². The molecule has 0 aliphatic rings. The summed E-state index contributed by atoms with van der Waals surface area (Å²) in [5.41, 5.74) is 3.40. The summed E-state index contributed by atoms with van der Waals surface area (Å²) in [6.45, 7) is 7.30. The standard InChI is InChI=1S/C22H22F2N2O3S/c1-13(2)26(30(27)28)18-6-8-21(29-22-7-5-17(23)11-20(22)24)19(12-18)16-9-14(3)25-15(4)10-16/h5-13H,1-4H3,(H,27,28). The zero-order chi connectivity index (χ0) is 22.0. The number of anilines is 1. The molecule has 1 aromatic heterocycles. The molecule has 0 fully saturated rings. The third-order valence-electron chi connectivity index (χ3n) is 4.36. The minimum atomic E-state index is -2.23. The van der Waals surface area contributed by atoms with Gasteiger partial charge in [0.2, 0.25) is 0 Å². The van der Waals surface area contributed by atoms with E-state index in [1.807, 2.05) is 26.0 Å². The van der Waals surface area contributed by atoms with Crippen molar-refractivity contribution in [1.82, 2.24) is 4.98 Å². The molecule has 3 aromatic rings. The molecule has 2 aromatic carbocycles. The quantitative estimate of drug-likeness (QED) is 0.501. The van der Waals surface area contributed by atoms with E-state index in [0.717, 1.165) is 29.1 Å². The topological polar surface area (TPSA) is 62.7 Å². The Morgan fingerprint density at radius 1 is 1.00 bits per heavy atom. The monoisotopic (exact) mass is 432 g/mol. The third kappa shape index (κ3) is 4.83. The maximum absolute atomic E-state index is 14.2. The van der Waals surface area contributed by atoms with Crippen LogP contribution in [0.2, 0.25) is 0 Å². The van der Waals surface area contributed by atoms with Gasteiger partial charge < -0.3 is 4.74 Å². The van der Waals surface area contributed by atoms with Crippen molar-refractivity contribution in [1.29, 1.82) is 0 Å². The number of nitrogens with zero attached hydrogens (tertiary/aromatic N) is 2. The van der Waals surface area contributed by atoms with E-state index in [-0.39, 0.29) is 11.8 Å². The van der Waals surface area contributed by atoms with Crippen LogP contribution in [0, 0.1) is 25.5 Å². The molecule has 158 valence electrons. The van der Waals surface area contributed by atoms with Crippen LogP contribution < -0.4 is 9.04 Å². The van der Waals surface area contributed by atoms with Crippen LogP contribution in [0.4, 0.5) is 14.5 Å². The molecule has 0 aliphatic heterocycles. The molecule has 0 saturated heterocycles. The van der Waals surface area contributed by atoms with E-state index in [0.29, 0.717) is 17.0 Å². The molecule has 0 aliphatic carbocycles. The summed E-state index contributed by atoms with van der Waals surface area (Å²) in [5, 5.41) is 0. The van der Waals surface area contributed by atoms with Crippen LogP contribution in [0.25, 0.3) is 11.1 Å². The van der Waals surface area contributed by atoms with E-state index in [2.05, 4.69) is 4.98 Å². The Hall–Kier alpha value is -2.84. The van der Waals surface area contributed by atoms with Gasteiger partial charge >= 0.3 is 0 Å². The lowest BCUT2D eigenvalue weighted by Crippen LogP contribution is -2.32. The second-order valence-electron chi connectivity index (χ2n) is 7.15. The first-order valence-electron chi connectivity index (χ1n) is 9.28. The molecule has 0 saturated carbocycles. The zero-order valence-electron chi connectivity index (χ0n) is 17.0. The van der Waals surface area contributed by atoms with Crippen LogP contribution in [0.1, 0.15) is 25.2 Å². The Morgan fingerprint density at radius 3 is 2.20 bits per heavy atom. The van der Waals surface area contributed by atoms with E-state index < -0.39 is 22.9 Å². The van der Waals surface area contributed by atoms with Crippen molar-refractivity contribution in [3.05, 3.63) is 71.6 Å². The number of halogens is 2. The Morgan fingerprint density at radius 2 is 1.63 bits per heavy atom. The predicted octanol–water partition coefficient (Wildman–Crippen LogP) is 5.79. The van der Waals surface area contributed by atoms with Crippen LogP contribution in [0.15, 0.2) is 48.5 Å². The van der Waals surface area contributed by atoms with Crippen molar-refractivity contribution in [3.8, 4) is 22.6 Å². The minimum Gasteiger partial charge on any atom is -0.454 e. The summed E-state index contributed by atoms with van der Waals surface area (Å²) >= 11 is -2.23. The summed E-state index contributed by atoms with van der Waals surface area (Å²) in [7, 11) is 0. The second kappa shape index (κ2) is 8.89. The number of hydrogen-bond acceptors (Lipinski definition) is 3. The van der Waals surface area contributed by atoms with Gasteiger partial charge in [-0.1, -0.05) is 0 Å². The molecule has 1 heterocycles. The Balaban J connectivity index is 2.17. The highest BCUT2D eigenvalue weighted by molar-refractivity contribution is 7.80. The lowest BCUT2D eigenvalue weighted by Gasteiger charge is -2.25. The maximum Gasteiger partial charge on any atom is 0.262 e. The molecule has 1 unspecified atom stereocenters. The van der Waals surface area contributed by atoms with E-state index in [9.17, 15) is 17.5 Å². The number of pyridine rings is 1. The summed E-state index contributed by atoms with van der Waals surface area (Å²) in [6.07, 6.45) is 0. The number of benzene rings is 2. The molecule has 0 amide bonds. The first-order valence-corrected chi connectivity index (χ1v) is 10.3. The lowest BCUT2D eigenvalue weighted by molar-refractivity contribution is 0.439. The summed E-state index contributed by atoms with van der Waals surface area (Å²) < 4.78 is 56.1. The van der Waals surface area contributed by atoms with Gasteiger partial charge in [0.15, 0.2) is 11.6 Å².